The second-order valence-corrected chi connectivity index (χ2v) is 9.12. The van der Waals surface area contributed by atoms with Gasteiger partial charge in [0.15, 0.2) is 11.6 Å². The molecule has 0 aliphatic carbocycles. The Morgan fingerprint density at radius 2 is 1.82 bits per heavy atom. The highest BCUT2D eigenvalue weighted by molar-refractivity contribution is 7.12. The van der Waals surface area contributed by atoms with Gasteiger partial charge in [-0.1, -0.05) is 12.1 Å². The summed E-state index contributed by atoms with van der Waals surface area (Å²) in [4.78, 5) is 22.5. The van der Waals surface area contributed by atoms with Crippen LogP contribution in [0.4, 0.5) is 23.4 Å². The molecule has 1 N–H and O–H groups in total. The van der Waals surface area contributed by atoms with Gasteiger partial charge in [0.25, 0.3) is 0 Å². The fourth-order valence-electron chi connectivity index (χ4n) is 4.07. The Balaban J connectivity index is 1.50. The Morgan fingerprint density at radius 3 is 2.52 bits per heavy atom. The molecule has 5 nitrogen and oxygen atoms in total. The molecule has 1 aliphatic heterocycles. The highest BCUT2D eigenvalue weighted by Crippen LogP contribution is 2.38. The van der Waals surface area contributed by atoms with Crippen LogP contribution in [0.5, 0.6) is 0 Å². The van der Waals surface area contributed by atoms with E-state index in [0.29, 0.717) is 31.4 Å². The fourth-order valence-corrected chi connectivity index (χ4v) is 5.08. The highest BCUT2D eigenvalue weighted by atomic mass is 32.1. The Morgan fingerprint density at radius 1 is 1.09 bits per heavy atom. The molecule has 0 amide bonds. The van der Waals surface area contributed by atoms with Crippen molar-refractivity contribution >= 4 is 23.1 Å². The molecule has 2 aromatic heterocycles. The maximum absolute atomic E-state index is 15.3. The van der Waals surface area contributed by atoms with E-state index in [1.807, 2.05) is 6.07 Å². The third-order valence-electron chi connectivity index (χ3n) is 5.64. The SMILES string of the molecule is O=C(O)Cc1ccc(CCc2ncnc(N3CCC[C@@H]3c3ccc(C(F)(F)F)cc3)c2F)s1. The summed E-state index contributed by atoms with van der Waals surface area (Å²) in [7, 11) is 0. The summed E-state index contributed by atoms with van der Waals surface area (Å²) in [5, 5.41) is 8.89. The van der Waals surface area contributed by atoms with Gasteiger partial charge in [-0.25, -0.2) is 14.4 Å². The number of hydrogen-bond donors (Lipinski definition) is 1. The zero-order valence-corrected chi connectivity index (χ0v) is 18.3. The van der Waals surface area contributed by atoms with Crippen LogP contribution in [0.25, 0.3) is 0 Å². The highest BCUT2D eigenvalue weighted by Gasteiger charge is 2.33. The molecule has 3 aromatic rings. The molecule has 0 unspecified atom stereocenters. The lowest BCUT2D eigenvalue weighted by Crippen LogP contribution is -2.25. The molecule has 10 heteroatoms. The van der Waals surface area contributed by atoms with Crippen molar-refractivity contribution in [3.05, 3.63) is 75.1 Å². The van der Waals surface area contributed by atoms with E-state index in [-0.39, 0.29) is 24.0 Å². The van der Waals surface area contributed by atoms with Crippen molar-refractivity contribution in [1.82, 2.24) is 9.97 Å². The zero-order chi connectivity index (χ0) is 23.6. The van der Waals surface area contributed by atoms with Gasteiger partial charge in [-0.2, -0.15) is 13.2 Å². The molecule has 3 heterocycles. The summed E-state index contributed by atoms with van der Waals surface area (Å²) >= 11 is 1.38. The van der Waals surface area contributed by atoms with Crippen LogP contribution in [-0.4, -0.2) is 27.6 Å². The topological polar surface area (TPSA) is 66.3 Å². The number of benzene rings is 1. The Hall–Kier alpha value is -3.01. The first kappa shape index (κ1) is 23.2. The molecule has 0 spiro atoms. The summed E-state index contributed by atoms with van der Waals surface area (Å²) in [5.41, 5.74) is 0.224. The molecule has 0 bridgehead atoms. The van der Waals surface area contributed by atoms with E-state index < -0.39 is 23.5 Å². The Bertz CT molecular complexity index is 1130. The molecule has 4 rings (SSSR count). The minimum atomic E-state index is -4.40. The average molecular weight is 479 g/mol. The fraction of sp³-hybridized carbons (Fsp3) is 0.348. The monoisotopic (exact) mass is 479 g/mol. The number of aliphatic carboxylic acids is 1. The van der Waals surface area contributed by atoms with E-state index in [9.17, 15) is 18.0 Å². The number of alkyl halides is 3. The van der Waals surface area contributed by atoms with Gasteiger partial charge >= 0.3 is 12.1 Å². The van der Waals surface area contributed by atoms with Gasteiger partial charge in [-0.3, -0.25) is 4.79 Å². The number of hydrogen-bond acceptors (Lipinski definition) is 5. The van der Waals surface area contributed by atoms with Crippen LogP contribution < -0.4 is 4.90 Å². The molecular formula is C23H21F4N3O2S. The van der Waals surface area contributed by atoms with Crippen molar-refractivity contribution in [3.8, 4) is 0 Å². The lowest BCUT2D eigenvalue weighted by Gasteiger charge is -2.27. The van der Waals surface area contributed by atoms with E-state index in [1.165, 1.54) is 29.8 Å². The predicted molar refractivity (Wildman–Crippen MR) is 116 cm³/mol. The summed E-state index contributed by atoms with van der Waals surface area (Å²) in [6, 6.07) is 8.31. The first-order valence-corrected chi connectivity index (χ1v) is 11.3. The third-order valence-corrected chi connectivity index (χ3v) is 6.79. The molecule has 1 atom stereocenters. The van der Waals surface area contributed by atoms with Crippen LogP contribution in [0.1, 0.15) is 45.5 Å². The van der Waals surface area contributed by atoms with E-state index in [0.717, 1.165) is 28.3 Å². The molecular weight excluding hydrogens is 458 g/mol. The number of aromatic nitrogens is 2. The predicted octanol–water partition coefficient (Wildman–Crippen LogP) is 5.45. The van der Waals surface area contributed by atoms with Crippen molar-refractivity contribution in [2.75, 3.05) is 11.4 Å². The molecule has 174 valence electrons. The quantitative estimate of drug-likeness (QED) is 0.457. The van der Waals surface area contributed by atoms with E-state index in [1.54, 1.807) is 11.0 Å². The lowest BCUT2D eigenvalue weighted by molar-refractivity contribution is -0.138. The van der Waals surface area contributed by atoms with Crippen LogP contribution in [0.3, 0.4) is 0 Å². The Kier molecular flexibility index (Phi) is 6.64. The summed E-state index contributed by atoms with van der Waals surface area (Å²) in [5.74, 6) is -1.28. The number of carboxylic acid groups (broad SMARTS) is 1. The minimum Gasteiger partial charge on any atom is -0.481 e. The molecule has 0 saturated carbocycles. The second-order valence-electron chi connectivity index (χ2n) is 7.87. The van der Waals surface area contributed by atoms with E-state index in [4.69, 9.17) is 5.11 Å². The van der Waals surface area contributed by atoms with Gasteiger partial charge in [0.05, 0.1) is 23.7 Å². The molecule has 33 heavy (non-hydrogen) atoms. The van der Waals surface area contributed by atoms with Gasteiger partial charge < -0.3 is 10.0 Å². The Labute approximate surface area is 191 Å². The standard InChI is InChI=1S/C23H21F4N3O2S/c24-21-18(10-9-16-7-8-17(33-16)12-20(31)32)28-13-29-22(21)30-11-1-2-19(30)14-3-5-15(6-4-14)23(25,26)27/h3-8,13,19H,1-2,9-12H2,(H,31,32)/t19-/m1/s1. The normalized spacial score (nSPS) is 16.4. The summed E-state index contributed by atoms with van der Waals surface area (Å²) in [6.07, 6.45) is -0.847. The van der Waals surface area contributed by atoms with E-state index in [2.05, 4.69) is 9.97 Å². The number of anilines is 1. The lowest BCUT2D eigenvalue weighted by atomic mass is 10.0. The molecule has 1 aromatic carbocycles. The average Bonchev–Trinajstić information content (AvgIpc) is 3.42. The number of carbonyl (C=O) groups is 1. The van der Waals surface area contributed by atoms with Gasteiger partial charge in [0.2, 0.25) is 0 Å². The molecule has 0 radical (unpaired) electrons. The number of rotatable bonds is 7. The van der Waals surface area contributed by atoms with Crippen LogP contribution in [0, 0.1) is 5.82 Å². The van der Waals surface area contributed by atoms with Gasteiger partial charge in [-0.15, -0.1) is 11.3 Å². The van der Waals surface area contributed by atoms with Crippen LogP contribution >= 0.6 is 11.3 Å². The maximum atomic E-state index is 15.3. The molecule has 1 saturated heterocycles. The largest absolute Gasteiger partial charge is 0.481 e. The maximum Gasteiger partial charge on any atom is 0.416 e. The van der Waals surface area contributed by atoms with Crippen molar-refractivity contribution in [3.63, 3.8) is 0 Å². The minimum absolute atomic E-state index is 0.0447. The summed E-state index contributed by atoms with van der Waals surface area (Å²) in [6.45, 7) is 0.544. The number of halogens is 4. The van der Waals surface area contributed by atoms with Gasteiger partial charge in [0, 0.05) is 16.3 Å². The number of nitrogens with zero attached hydrogens (tertiary/aromatic N) is 3. The van der Waals surface area contributed by atoms with Gasteiger partial charge in [-0.05, 0) is 55.5 Å². The van der Waals surface area contributed by atoms with E-state index >= 15 is 4.39 Å². The third kappa shape index (κ3) is 5.32. The molecule has 1 aliphatic rings. The van der Waals surface area contributed by atoms with Crippen LogP contribution in [0.2, 0.25) is 0 Å². The van der Waals surface area contributed by atoms with Crippen LogP contribution in [-0.2, 0) is 30.2 Å². The van der Waals surface area contributed by atoms with Gasteiger partial charge in [0.1, 0.15) is 6.33 Å². The number of carboxylic acids is 1. The first-order chi connectivity index (χ1) is 15.7. The van der Waals surface area contributed by atoms with Crippen LogP contribution in [0.15, 0.2) is 42.7 Å². The van der Waals surface area contributed by atoms with Crippen molar-refractivity contribution in [2.24, 2.45) is 0 Å². The molecule has 1 fully saturated rings. The number of aryl methyl sites for hydroxylation is 2. The zero-order valence-electron chi connectivity index (χ0n) is 17.5. The second kappa shape index (κ2) is 9.46. The van der Waals surface area contributed by atoms with Crippen molar-refractivity contribution in [2.45, 2.75) is 44.3 Å². The van der Waals surface area contributed by atoms with Crippen molar-refractivity contribution in [1.29, 1.82) is 0 Å². The summed E-state index contributed by atoms with van der Waals surface area (Å²) < 4.78 is 54.0. The smallest absolute Gasteiger partial charge is 0.416 e. The van der Waals surface area contributed by atoms with Crippen molar-refractivity contribution < 1.29 is 27.5 Å². The number of thiophene rings is 1. The first-order valence-electron chi connectivity index (χ1n) is 10.4.